The Balaban J connectivity index is 2.44. The lowest BCUT2D eigenvalue weighted by Crippen LogP contribution is -2.21. The van der Waals surface area contributed by atoms with Crippen LogP contribution in [0, 0.1) is 6.92 Å². The van der Waals surface area contributed by atoms with Crippen molar-refractivity contribution in [1.29, 1.82) is 0 Å². The maximum Gasteiger partial charge on any atom is 0.341 e. The van der Waals surface area contributed by atoms with E-state index < -0.39 is 11.9 Å². The van der Waals surface area contributed by atoms with Gasteiger partial charge in [0.15, 0.2) is 10.4 Å². The third kappa shape index (κ3) is 3.51. The lowest BCUT2D eigenvalue weighted by Gasteiger charge is -2.08. The van der Waals surface area contributed by atoms with Crippen LogP contribution in [-0.4, -0.2) is 43.9 Å². The van der Waals surface area contributed by atoms with Crippen molar-refractivity contribution < 1.29 is 23.5 Å². The summed E-state index contributed by atoms with van der Waals surface area (Å²) in [6.45, 7) is 1.64. The van der Waals surface area contributed by atoms with Gasteiger partial charge in [-0.05, 0) is 40.5 Å². The number of amides is 2. The number of hydrogen-bond donors (Lipinski definition) is 1. The predicted octanol–water partition coefficient (Wildman–Crippen LogP) is 3.15. The molecule has 0 fully saturated rings. The minimum absolute atomic E-state index is 0.0734. The molecule has 2 rings (SSSR count). The van der Waals surface area contributed by atoms with Gasteiger partial charge in [-0.15, -0.1) is 11.3 Å². The SMILES string of the molecule is COC(=O)c1c(NC(=O)c2ccc(Br)o2)sc(C(=O)N(C)C)c1C. The molecule has 1 N–H and O–H groups in total. The Bertz CT molecular complexity index is 809. The standard InChI is InChI=1S/C15H15BrN2O5S/c1-7-10(15(21)22-4)13(24-11(7)14(20)18(2)3)17-12(19)8-5-6-9(16)23-8/h5-6H,1-4H3,(H,17,19). The molecule has 2 heterocycles. The summed E-state index contributed by atoms with van der Waals surface area (Å²) >= 11 is 4.14. The summed E-state index contributed by atoms with van der Waals surface area (Å²) in [4.78, 5) is 38.3. The number of methoxy groups -OCH3 is 1. The number of rotatable bonds is 4. The summed E-state index contributed by atoms with van der Waals surface area (Å²) < 4.78 is 10.4. The number of ether oxygens (including phenoxy) is 1. The van der Waals surface area contributed by atoms with Gasteiger partial charge in [0, 0.05) is 14.1 Å². The predicted molar refractivity (Wildman–Crippen MR) is 92.8 cm³/mol. The minimum Gasteiger partial charge on any atom is -0.465 e. The van der Waals surface area contributed by atoms with Crippen LogP contribution in [0.1, 0.15) is 36.1 Å². The zero-order chi connectivity index (χ0) is 18.0. The summed E-state index contributed by atoms with van der Waals surface area (Å²) in [6, 6.07) is 3.07. The number of nitrogens with one attached hydrogen (secondary N) is 1. The third-order valence-electron chi connectivity index (χ3n) is 3.16. The normalized spacial score (nSPS) is 10.4. The molecule has 0 aliphatic rings. The maximum atomic E-state index is 12.2. The number of anilines is 1. The highest BCUT2D eigenvalue weighted by atomic mass is 79.9. The molecule has 0 saturated carbocycles. The second-order valence-electron chi connectivity index (χ2n) is 5.01. The fourth-order valence-electron chi connectivity index (χ4n) is 1.96. The molecule has 9 heteroatoms. The molecular formula is C15H15BrN2O5S. The van der Waals surface area contributed by atoms with Crippen LogP contribution in [0.4, 0.5) is 5.00 Å². The molecule has 24 heavy (non-hydrogen) atoms. The van der Waals surface area contributed by atoms with E-state index in [4.69, 9.17) is 9.15 Å². The Morgan fingerprint density at radius 3 is 2.46 bits per heavy atom. The largest absolute Gasteiger partial charge is 0.465 e. The molecule has 2 aromatic heterocycles. The first-order valence-electron chi connectivity index (χ1n) is 6.76. The van der Waals surface area contributed by atoms with E-state index in [1.807, 2.05) is 0 Å². The molecule has 0 atom stereocenters. The molecule has 0 bridgehead atoms. The van der Waals surface area contributed by atoms with Crippen molar-refractivity contribution in [3.05, 3.63) is 38.6 Å². The number of carbonyl (C=O) groups is 3. The molecule has 128 valence electrons. The third-order valence-corrected chi connectivity index (χ3v) is 4.78. The highest BCUT2D eigenvalue weighted by molar-refractivity contribution is 9.10. The van der Waals surface area contributed by atoms with Gasteiger partial charge < -0.3 is 19.4 Å². The van der Waals surface area contributed by atoms with Gasteiger partial charge in [-0.1, -0.05) is 0 Å². The van der Waals surface area contributed by atoms with Crippen LogP contribution in [0.25, 0.3) is 0 Å². The van der Waals surface area contributed by atoms with E-state index >= 15 is 0 Å². The second kappa shape index (κ2) is 7.18. The minimum atomic E-state index is -0.627. The molecule has 0 saturated heterocycles. The van der Waals surface area contributed by atoms with Crippen LogP contribution in [-0.2, 0) is 4.74 Å². The Morgan fingerprint density at radius 1 is 1.29 bits per heavy atom. The van der Waals surface area contributed by atoms with Gasteiger partial charge in [-0.2, -0.15) is 0 Å². The fourth-order valence-corrected chi connectivity index (χ4v) is 3.48. The zero-order valence-electron chi connectivity index (χ0n) is 13.4. The van der Waals surface area contributed by atoms with Crippen LogP contribution >= 0.6 is 27.3 Å². The Kier molecular flexibility index (Phi) is 5.45. The first kappa shape index (κ1) is 18.2. The first-order valence-corrected chi connectivity index (χ1v) is 8.37. The van der Waals surface area contributed by atoms with Crippen LogP contribution in [0.5, 0.6) is 0 Å². The second-order valence-corrected chi connectivity index (χ2v) is 6.81. The van der Waals surface area contributed by atoms with Gasteiger partial charge in [0.2, 0.25) is 0 Å². The number of hydrogen-bond acceptors (Lipinski definition) is 6. The Hall–Kier alpha value is -2.13. The van der Waals surface area contributed by atoms with Gasteiger partial charge >= 0.3 is 5.97 Å². The summed E-state index contributed by atoms with van der Waals surface area (Å²) in [5.74, 6) is -1.35. The summed E-state index contributed by atoms with van der Waals surface area (Å²) in [6.07, 6.45) is 0. The smallest absolute Gasteiger partial charge is 0.341 e. The molecule has 0 aromatic carbocycles. The molecule has 0 unspecified atom stereocenters. The lowest BCUT2D eigenvalue weighted by molar-refractivity contribution is 0.0601. The van der Waals surface area contributed by atoms with Crippen molar-refractivity contribution in [1.82, 2.24) is 4.90 Å². The van der Waals surface area contributed by atoms with Gasteiger partial charge in [0.05, 0.1) is 17.6 Å². The molecule has 7 nitrogen and oxygen atoms in total. The first-order chi connectivity index (χ1) is 11.3. The van der Waals surface area contributed by atoms with Crippen molar-refractivity contribution >= 4 is 50.1 Å². The summed E-state index contributed by atoms with van der Waals surface area (Å²) in [7, 11) is 4.46. The number of furan rings is 1. The number of esters is 1. The Morgan fingerprint density at radius 2 is 1.96 bits per heavy atom. The molecule has 0 spiro atoms. The van der Waals surface area contributed by atoms with Gasteiger partial charge in [-0.3, -0.25) is 9.59 Å². The van der Waals surface area contributed by atoms with Crippen molar-refractivity contribution in [3.8, 4) is 0 Å². The van der Waals surface area contributed by atoms with Crippen LogP contribution < -0.4 is 5.32 Å². The fraction of sp³-hybridized carbons (Fsp3) is 0.267. The number of carbonyl (C=O) groups excluding carboxylic acids is 3. The lowest BCUT2D eigenvalue weighted by atomic mass is 10.1. The molecular weight excluding hydrogens is 400 g/mol. The van der Waals surface area contributed by atoms with Crippen molar-refractivity contribution in [2.45, 2.75) is 6.92 Å². The van der Waals surface area contributed by atoms with Crippen molar-refractivity contribution in [2.75, 3.05) is 26.5 Å². The van der Waals surface area contributed by atoms with Crippen molar-refractivity contribution in [2.24, 2.45) is 0 Å². The van der Waals surface area contributed by atoms with E-state index in [0.29, 0.717) is 15.1 Å². The van der Waals surface area contributed by atoms with E-state index in [1.165, 1.54) is 18.1 Å². The average molecular weight is 415 g/mol. The Labute approximate surface area is 150 Å². The van der Waals surface area contributed by atoms with Gasteiger partial charge in [0.1, 0.15) is 5.00 Å². The van der Waals surface area contributed by atoms with E-state index in [-0.39, 0.29) is 22.2 Å². The zero-order valence-corrected chi connectivity index (χ0v) is 15.8. The van der Waals surface area contributed by atoms with E-state index in [2.05, 4.69) is 21.2 Å². The van der Waals surface area contributed by atoms with Gasteiger partial charge in [-0.25, -0.2) is 4.79 Å². The van der Waals surface area contributed by atoms with Crippen LogP contribution in [0.2, 0.25) is 0 Å². The van der Waals surface area contributed by atoms with Gasteiger partial charge in [0.25, 0.3) is 11.8 Å². The molecule has 0 radical (unpaired) electrons. The van der Waals surface area contributed by atoms with Crippen molar-refractivity contribution in [3.63, 3.8) is 0 Å². The quantitative estimate of drug-likeness (QED) is 0.776. The van der Waals surface area contributed by atoms with Crippen LogP contribution in [0.15, 0.2) is 21.2 Å². The topological polar surface area (TPSA) is 88.8 Å². The number of nitrogens with zero attached hydrogens (tertiary/aromatic N) is 1. The summed E-state index contributed by atoms with van der Waals surface area (Å²) in [5.41, 5.74) is 0.619. The highest BCUT2D eigenvalue weighted by Gasteiger charge is 2.27. The number of halogens is 1. The average Bonchev–Trinajstić information content (AvgIpc) is 3.09. The monoisotopic (exact) mass is 414 g/mol. The molecule has 0 aliphatic carbocycles. The van der Waals surface area contributed by atoms with E-state index in [9.17, 15) is 14.4 Å². The van der Waals surface area contributed by atoms with E-state index in [0.717, 1.165) is 11.3 Å². The molecule has 2 amide bonds. The highest BCUT2D eigenvalue weighted by Crippen LogP contribution is 2.34. The maximum absolute atomic E-state index is 12.2. The molecule has 0 aliphatic heterocycles. The molecule has 2 aromatic rings. The number of thiophene rings is 1. The van der Waals surface area contributed by atoms with Crippen LogP contribution in [0.3, 0.4) is 0 Å². The van der Waals surface area contributed by atoms with E-state index in [1.54, 1.807) is 27.1 Å². The summed E-state index contributed by atoms with van der Waals surface area (Å²) in [5, 5.41) is 2.84.